The fraction of sp³-hybridized carbons (Fsp3) is 0.441. The molecule has 0 spiro atoms. The Morgan fingerprint density at radius 3 is 2.23 bits per heavy atom. The van der Waals surface area contributed by atoms with Crippen molar-refractivity contribution in [3.8, 4) is 11.5 Å². The van der Waals surface area contributed by atoms with Gasteiger partial charge in [-0.2, -0.15) is 0 Å². The maximum atomic E-state index is 13.7. The van der Waals surface area contributed by atoms with E-state index in [0.717, 1.165) is 43.9 Å². The first kappa shape index (κ1) is 28.8. The molecule has 1 aromatic heterocycles. The molecule has 9 nitrogen and oxygen atoms in total. The van der Waals surface area contributed by atoms with Crippen LogP contribution in [-0.4, -0.2) is 61.7 Å². The van der Waals surface area contributed by atoms with E-state index in [0.29, 0.717) is 59.2 Å². The summed E-state index contributed by atoms with van der Waals surface area (Å²) in [6, 6.07) is 16.2. The number of fused-ring (bicyclic) bond motifs is 4. The predicted octanol–water partition coefficient (Wildman–Crippen LogP) is 4.86. The van der Waals surface area contributed by atoms with Crippen LogP contribution in [0.4, 0.5) is 11.4 Å². The zero-order valence-electron chi connectivity index (χ0n) is 25.3. The standard InChI is InChI=1S/C34H40N4O5/c1-21-10-22(2)17-37(16-21)34(41)24-8-9-31(29(14-24)35-33(40)25-12-27(42-3)15-28(13-25)43-4)36-18-23-11-26(20-36)30-6-5-7-32(39)38(30)19-23/h5-9,12-15,21-23,26H,10-11,16-20H2,1-4H3,(H,35,40)/t21-,22-,23-,26+/m1/s1. The third kappa shape index (κ3) is 5.85. The monoisotopic (exact) mass is 584 g/mol. The average molecular weight is 585 g/mol. The molecule has 43 heavy (non-hydrogen) atoms. The maximum Gasteiger partial charge on any atom is 0.255 e. The molecule has 6 rings (SSSR count). The molecule has 3 aromatic rings. The molecule has 2 saturated heterocycles. The van der Waals surface area contributed by atoms with Gasteiger partial charge in [0.05, 0.1) is 25.6 Å². The van der Waals surface area contributed by atoms with Gasteiger partial charge in [0.15, 0.2) is 0 Å². The Labute approximate surface area is 252 Å². The van der Waals surface area contributed by atoms with Crippen LogP contribution in [0, 0.1) is 17.8 Å². The van der Waals surface area contributed by atoms with Gasteiger partial charge in [-0.15, -0.1) is 0 Å². The lowest BCUT2D eigenvalue weighted by molar-refractivity contribution is 0.0623. The Morgan fingerprint density at radius 1 is 0.814 bits per heavy atom. The number of rotatable bonds is 6. The number of hydrogen-bond donors (Lipinski definition) is 1. The van der Waals surface area contributed by atoms with Gasteiger partial charge in [0.25, 0.3) is 17.4 Å². The van der Waals surface area contributed by atoms with Crippen LogP contribution < -0.4 is 25.2 Å². The minimum atomic E-state index is -0.322. The van der Waals surface area contributed by atoms with Crippen molar-refractivity contribution in [2.45, 2.75) is 39.2 Å². The van der Waals surface area contributed by atoms with Crippen LogP contribution in [0.1, 0.15) is 59.0 Å². The SMILES string of the molecule is COc1cc(OC)cc(C(=O)Nc2cc(C(=O)N3C[C@H](C)C[C@@H](C)C3)ccc2N2C[C@H]3C[C@@H](C2)c2cccc(=O)n2C3)c1. The number of nitrogens with one attached hydrogen (secondary N) is 1. The molecule has 1 N–H and O–H groups in total. The molecular weight excluding hydrogens is 544 g/mol. The first-order valence-electron chi connectivity index (χ1n) is 15.1. The highest BCUT2D eigenvalue weighted by Gasteiger charge is 2.36. The van der Waals surface area contributed by atoms with E-state index in [1.165, 1.54) is 0 Å². The van der Waals surface area contributed by atoms with Crippen molar-refractivity contribution in [3.05, 3.63) is 81.8 Å². The number of piperidine rings is 2. The molecule has 0 unspecified atom stereocenters. The summed E-state index contributed by atoms with van der Waals surface area (Å²) in [5, 5.41) is 3.12. The summed E-state index contributed by atoms with van der Waals surface area (Å²) in [6.45, 7) is 7.97. The van der Waals surface area contributed by atoms with Crippen LogP contribution in [0.5, 0.6) is 11.5 Å². The van der Waals surface area contributed by atoms with Crippen LogP contribution in [0.15, 0.2) is 59.4 Å². The summed E-state index contributed by atoms with van der Waals surface area (Å²) in [5.41, 5.74) is 3.50. The second-order valence-electron chi connectivity index (χ2n) is 12.5. The topological polar surface area (TPSA) is 93.1 Å². The fourth-order valence-electron chi connectivity index (χ4n) is 7.28. The number of carbonyl (C=O) groups excluding carboxylic acids is 2. The van der Waals surface area contributed by atoms with E-state index in [2.05, 4.69) is 24.1 Å². The van der Waals surface area contributed by atoms with Crippen LogP contribution >= 0.6 is 0 Å². The van der Waals surface area contributed by atoms with Crippen LogP contribution in [0.2, 0.25) is 0 Å². The normalized spacial score (nSPS) is 22.9. The predicted molar refractivity (Wildman–Crippen MR) is 167 cm³/mol. The summed E-state index contributed by atoms with van der Waals surface area (Å²) in [6.07, 6.45) is 2.13. The van der Waals surface area contributed by atoms with Gasteiger partial charge in [0.1, 0.15) is 11.5 Å². The number of anilines is 2. The molecule has 2 bridgehead atoms. The number of aromatic nitrogens is 1. The van der Waals surface area contributed by atoms with Gasteiger partial charge in [-0.25, -0.2) is 0 Å². The van der Waals surface area contributed by atoms with Gasteiger partial charge < -0.3 is 29.2 Å². The van der Waals surface area contributed by atoms with E-state index < -0.39 is 0 Å². The van der Waals surface area contributed by atoms with Crippen molar-refractivity contribution in [1.29, 1.82) is 0 Å². The van der Waals surface area contributed by atoms with Crippen LogP contribution in [-0.2, 0) is 6.54 Å². The molecule has 2 aromatic carbocycles. The van der Waals surface area contributed by atoms with Gasteiger partial charge in [0, 0.05) is 67.6 Å². The fourth-order valence-corrected chi connectivity index (χ4v) is 7.28. The van der Waals surface area contributed by atoms with Gasteiger partial charge >= 0.3 is 0 Å². The van der Waals surface area contributed by atoms with E-state index in [-0.39, 0.29) is 23.3 Å². The molecule has 4 atom stereocenters. The number of hydrogen-bond acceptors (Lipinski definition) is 6. The van der Waals surface area contributed by atoms with E-state index in [4.69, 9.17) is 9.47 Å². The number of likely N-dealkylation sites (tertiary alicyclic amines) is 1. The molecule has 2 fully saturated rings. The van der Waals surface area contributed by atoms with Crippen molar-refractivity contribution < 1.29 is 19.1 Å². The first-order valence-corrected chi connectivity index (χ1v) is 15.1. The van der Waals surface area contributed by atoms with Gasteiger partial charge in [0.2, 0.25) is 0 Å². The molecule has 3 aliphatic heterocycles. The number of methoxy groups -OCH3 is 2. The lowest BCUT2D eigenvalue weighted by Gasteiger charge is -2.44. The van der Waals surface area contributed by atoms with Crippen molar-refractivity contribution in [2.75, 3.05) is 50.6 Å². The Hall–Kier alpha value is -4.27. The Morgan fingerprint density at radius 2 is 1.53 bits per heavy atom. The second kappa shape index (κ2) is 11.8. The highest BCUT2D eigenvalue weighted by atomic mass is 16.5. The number of ether oxygens (including phenoxy) is 2. The Bertz CT molecular complexity index is 1570. The first-order chi connectivity index (χ1) is 20.7. The molecule has 3 aliphatic rings. The summed E-state index contributed by atoms with van der Waals surface area (Å²) in [7, 11) is 3.09. The van der Waals surface area contributed by atoms with Crippen molar-refractivity contribution >= 4 is 23.2 Å². The van der Waals surface area contributed by atoms with Gasteiger partial charge in [-0.05, 0) is 67.0 Å². The molecule has 4 heterocycles. The lowest BCUT2D eigenvalue weighted by atomic mass is 9.83. The maximum absolute atomic E-state index is 13.7. The minimum absolute atomic E-state index is 0.0210. The number of amides is 2. The second-order valence-corrected chi connectivity index (χ2v) is 12.5. The summed E-state index contributed by atoms with van der Waals surface area (Å²) >= 11 is 0. The molecule has 0 saturated carbocycles. The quantitative estimate of drug-likeness (QED) is 0.445. The minimum Gasteiger partial charge on any atom is -0.497 e. The van der Waals surface area contributed by atoms with E-state index in [9.17, 15) is 14.4 Å². The zero-order chi connectivity index (χ0) is 30.2. The van der Waals surface area contributed by atoms with Crippen LogP contribution in [0.25, 0.3) is 0 Å². The smallest absolute Gasteiger partial charge is 0.255 e. The number of benzene rings is 2. The number of pyridine rings is 1. The largest absolute Gasteiger partial charge is 0.497 e. The Kier molecular flexibility index (Phi) is 7.90. The third-order valence-corrected chi connectivity index (χ3v) is 9.08. The van der Waals surface area contributed by atoms with E-state index in [1.807, 2.05) is 39.8 Å². The highest BCUT2D eigenvalue weighted by molar-refractivity contribution is 6.07. The van der Waals surface area contributed by atoms with E-state index in [1.54, 1.807) is 38.5 Å². The lowest BCUT2D eigenvalue weighted by Crippen LogP contribution is -2.47. The number of nitrogens with zero attached hydrogens (tertiary/aromatic N) is 3. The number of carbonyl (C=O) groups is 2. The van der Waals surface area contributed by atoms with Crippen LogP contribution in [0.3, 0.4) is 0 Å². The van der Waals surface area contributed by atoms with Crippen molar-refractivity contribution in [2.24, 2.45) is 17.8 Å². The molecule has 2 amide bonds. The van der Waals surface area contributed by atoms with E-state index >= 15 is 0 Å². The zero-order valence-corrected chi connectivity index (χ0v) is 25.3. The molecule has 0 aliphatic carbocycles. The molecule has 226 valence electrons. The average Bonchev–Trinajstić information content (AvgIpc) is 3.00. The van der Waals surface area contributed by atoms with Gasteiger partial charge in [-0.3, -0.25) is 14.4 Å². The van der Waals surface area contributed by atoms with Crippen molar-refractivity contribution in [3.63, 3.8) is 0 Å². The highest BCUT2D eigenvalue weighted by Crippen LogP contribution is 2.40. The van der Waals surface area contributed by atoms with Crippen molar-refractivity contribution in [1.82, 2.24) is 9.47 Å². The Balaban J connectivity index is 1.35. The molecule has 9 heteroatoms. The molecular formula is C34H40N4O5. The third-order valence-electron chi connectivity index (χ3n) is 9.08. The summed E-state index contributed by atoms with van der Waals surface area (Å²) in [4.78, 5) is 44.2. The summed E-state index contributed by atoms with van der Waals surface area (Å²) < 4.78 is 12.7. The van der Waals surface area contributed by atoms with Gasteiger partial charge in [-0.1, -0.05) is 19.9 Å². The summed E-state index contributed by atoms with van der Waals surface area (Å²) in [5.74, 6) is 2.07. The molecule has 0 radical (unpaired) electrons.